The van der Waals surface area contributed by atoms with Gasteiger partial charge in [-0.05, 0) is 30.3 Å². The van der Waals surface area contributed by atoms with Gasteiger partial charge in [0.15, 0.2) is 11.5 Å². The van der Waals surface area contributed by atoms with Crippen molar-refractivity contribution >= 4 is 0 Å². The quantitative estimate of drug-likeness (QED) is 0.815. The Bertz CT molecular complexity index is 831. The van der Waals surface area contributed by atoms with Crippen LogP contribution in [-0.4, -0.2) is 17.8 Å². The number of rotatable bonds is 3. The number of hydrogen-bond acceptors (Lipinski definition) is 4. The van der Waals surface area contributed by atoms with Crippen LogP contribution in [0.25, 0.3) is 11.3 Å². The van der Waals surface area contributed by atoms with E-state index in [0.717, 1.165) is 5.56 Å². The molecule has 0 bridgehead atoms. The summed E-state index contributed by atoms with van der Waals surface area (Å²) in [6.45, 7) is 5.04. The van der Waals surface area contributed by atoms with Crippen LogP contribution in [0.4, 0.5) is 0 Å². The smallest absolute Gasteiger partial charge is 0.269 e. The van der Waals surface area contributed by atoms with Gasteiger partial charge in [-0.1, -0.05) is 6.08 Å². The monoisotopic (exact) mass is 294 g/mol. The standard InChI is InChI=1S/C17H14N2O3/c1-2-7-19-14(5-3-13(11-18)17(19)20)12-4-6-15-16(10-12)22-9-8-21-15/h2-6,10H,1,7-9H2. The second kappa shape index (κ2) is 5.78. The van der Waals surface area contributed by atoms with Crippen LogP contribution in [0.5, 0.6) is 11.5 Å². The van der Waals surface area contributed by atoms with Gasteiger partial charge in [-0.2, -0.15) is 5.26 Å². The molecule has 0 N–H and O–H groups in total. The van der Waals surface area contributed by atoms with Crippen LogP contribution in [-0.2, 0) is 6.54 Å². The summed E-state index contributed by atoms with van der Waals surface area (Å²) in [6, 6.07) is 10.7. The minimum absolute atomic E-state index is 0.114. The molecule has 0 radical (unpaired) electrons. The highest BCUT2D eigenvalue weighted by Gasteiger charge is 2.15. The van der Waals surface area contributed by atoms with Crippen LogP contribution < -0.4 is 15.0 Å². The van der Waals surface area contributed by atoms with E-state index in [9.17, 15) is 4.79 Å². The first-order valence-electron chi connectivity index (χ1n) is 6.89. The number of ether oxygens (including phenoxy) is 2. The average molecular weight is 294 g/mol. The van der Waals surface area contributed by atoms with Crippen LogP contribution >= 0.6 is 0 Å². The van der Waals surface area contributed by atoms with Gasteiger partial charge < -0.3 is 14.0 Å². The van der Waals surface area contributed by atoms with E-state index in [2.05, 4.69) is 6.58 Å². The summed E-state index contributed by atoms with van der Waals surface area (Å²) in [5.41, 5.74) is 1.33. The molecule has 0 amide bonds. The number of aromatic nitrogens is 1. The predicted octanol–water partition coefficient (Wildman–Crippen LogP) is 2.34. The molecule has 5 nitrogen and oxygen atoms in total. The average Bonchev–Trinajstić information content (AvgIpc) is 2.56. The maximum atomic E-state index is 12.3. The largest absolute Gasteiger partial charge is 0.486 e. The number of nitrogens with zero attached hydrogens (tertiary/aromatic N) is 2. The van der Waals surface area contributed by atoms with E-state index < -0.39 is 0 Å². The molecule has 22 heavy (non-hydrogen) atoms. The second-order valence-electron chi connectivity index (χ2n) is 4.81. The molecule has 0 spiro atoms. The van der Waals surface area contributed by atoms with E-state index >= 15 is 0 Å². The summed E-state index contributed by atoms with van der Waals surface area (Å²) in [7, 11) is 0. The SMILES string of the molecule is C=CCn1c(-c2ccc3c(c2)OCCO3)ccc(C#N)c1=O. The van der Waals surface area contributed by atoms with Gasteiger partial charge >= 0.3 is 0 Å². The summed E-state index contributed by atoms with van der Waals surface area (Å²) in [6.07, 6.45) is 1.63. The van der Waals surface area contributed by atoms with Crippen molar-refractivity contribution in [1.29, 1.82) is 5.26 Å². The summed E-state index contributed by atoms with van der Waals surface area (Å²) in [4.78, 5) is 12.3. The highest BCUT2D eigenvalue weighted by Crippen LogP contribution is 2.34. The lowest BCUT2D eigenvalue weighted by atomic mass is 10.1. The third kappa shape index (κ3) is 2.35. The molecule has 2 aromatic rings. The third-order valence-corrected chi connectivity index (χ3v) is 3.44. The van der Waals surface area contributed by atoms with Crippen molar-refractivity contribution in [3.05, 3.63) is 58.9 Å². The predicted molar refractivity (Wildman–Crippen MR) is 82.0 cm³/mol. The van der Waals surface area contributed by atoms with E-state index in [1.54, 1.807) is 12.1 Å². The van der Waals surface area contributed by atoms with E-state index in [4.69, 9.17) is 14.7 Å². The number of allylic oxidation sites excluding steroid dienone is 1. The lowest BCUT2D eigenvalue weighted by molar-refractivity contribution is 0.171. The zero-order valence-electron chi connectivity index (χ0n) is 11.9. The van der Waals surface area contributed by atoms with Gasteiger partial charge in [0.05, 0.1) is 5.69 Å². The minimum atomic E-state index is -0.324. The first-order valence-corrected chi connectivity index (χ1v) is 6.89. The molecule has 0 saturated heterocycles. The minimum Gasteiger partial charge on any atom is -0.486 e. The van der Waals surface area contributed by atoms with Crippen LogP contribution in [0.15, 0.2) is 47.8 Å². The molecule has 0 aliphatic carbocycles. The number of fused-ring (bicyclic) bond motifs is 1. The summed E-state index contributed by atoms with van der Waals surface area (Å²) in [5, 5.41) is 9.00. The maximum absolute atomic E-state index is 12.3. The van der Waals surface area contributed by atoms with Crippen LogP contribution in [0.3, 0.4) is 0 Å². The Hall–Kier alpha value is -3.00. The van der Waals surface area contributed by atoms with Crippen molar-refractivity contribution < 1.29 is 9.47 Å². The van der Waals surface area contributed by atoms with Crippen LogP contribution in [0.1, 0.15) is 5.56 Å². The summed E-state index contributed by atoms with van der Waals surface area (Å²) < 4.78 is 12.6. The van der Waals surface area contributed by atoms with Gasteiger partial charge in [-0.25, -0.2) is 0 Å². The fraction of sp³-hybridized carbons (Fsp3) is 0.176. The number of pyridine rings is 1. The van der Waals surface area contributed by atoms with Crippen molar-refractivity contribution in [2.45, 2.75) is 6.54 Å². The fourth-order valence-corrected chi connectivity index (χ4v) is 2.43. The molecule has 0 saturated carbocycles. The van der Waals surface area contributed by atoms with E-state index in [-0.39, 0.29) is 11.1 Å². The molecule has 2 heterocycles. The Kier molecular flexibility index (Phi) is 3.67. The molecule has 0 fully saturated rings. The van der Waals surface area contributed by atoms with Crippen molar-refractivity contribution in [3.63, 3.8) is 0 Å². The van der Waals surface area contributed by atoms with Gasteiger partial charge in [0.1, 0.15) is 24.8 Å². The Morgan fingerprint density at radius 3 is 2.73 bits per heavy atom. The molecular formula is C17H14N2O3. The van der Waals surface area contributed by atoms with Crippen molar-refractivity contribution in [2.24, 2.45) is 0 Å². The van der Waals surface area contributed by atoms with Gasteiger partial charge in [-0.3, -0.25) is 4.79 Å². The lowest BCUT2D eigenvalue weighted by Crippen LogP contribution is -2.23. The van der Waals surface area contributed by atoms with Crippen molar-refractivity contribution in [1.82, 2.24) is 4.57 Å². The molecule has 1 aromatic heterocycles. The Balaban J connectivity index is 2.16. The molecule has 3 rings (SSSR count). The zero-order valence-corrected chi connectivity index (χ0v) is 11.9. The molecule has 1 aromatic carbocycles. The highest BCUT2D eigenvalue weighted by molar-refractivity contribution is 5.65. The molecule has 0 unspecified atom stereocenters. The Morgan fingerprint density at radius 1 is 1.23 bits per heavy atom. The van der Waals surface area contributed by atoms with Crippen LogP contribution in [0.2, 0.25) is 0 Å². The fourth-order valence-electron chi connectivity index (χ4n) is 2.43. The molecule has 0 atom stereocenters. The first-order chi connectivity index (χ1) is 10.7. The van der Waals surface area contributed by atoms with E-state index in [1.165, 1.54) is 10.6 Å². The van der Waals surface area contributed by atoms with Gasteiger partial charge in [0.2, 0.25) is 0 Å². The molecule has 110 valence electrons. The lowest BCUT2D eigenvalue weighted by Gasteiger charge is -2.19. The second-order valence-corrected chi connectivity index (χ2v) is 4.81. The zero-order chi connectivity index (χ0) is 15.5. The molecule has 1 aliphatic heterocycles. The van der Waals surface area contributed by atoms with E-state index in [1.807, 2.05) is 24.3 Å². The van der Waals surface area contributed by atoms with Gasteiger partial charge in [0, 0.05) is 12.1 Å². The van der Waals surface area contributed by atoms with Crippen molar-refractivity contribution in [3.8, 4) is 28.8 Å². The third-order valence-electron chi connectivity index (χ3n) is 3.44. The molecular weight excluding hydrogens is 280 g/mol. The number of hydrogen-bond donors (Lipinski definition) is 0. The number of nitriles is 1. The Labute approximate surface area is 127 Å². The van der Waals surface area contributed by atoms with Crippen molar-refractivity contribution in [2.75, 3.05) is 13.2 Å². The van der Waals surface area contributed by atoms with Gasteiger partial charge in [-0.15, -0.1) is 6.58 Å². The first kappa shape index (κ1) is 14.0. The van der Waals surface area contributed by atoms with E-state index in [0.29, 0.717) is 37.0 Å². The number of benzene rings is 1. The van der Waals surface area contributed by atoms with Crippen LogP contribution in [0, 0.1) is 11.3 Å². The maximum Gasteiger partial charge on any atom is 0.269 e. The highest BCUT2D eigenvalue weighted by atomic mass is 16.6. The normalized spacial score (nSPS) is 12.5. The summed E-state index contributed by atoms with van der Waals surface area (Å²) >= 11 is 0. The topological polar surface area (TPSA) is 64.2 Å². The van der Waals surface area contributed by atoms with Gasteiger partial charge in [0.25, 0.3) is 5.56 Å². The molecule has 1 aliphatic rings. The molecule has 5 heteroatoms. The Morgan fingerprint density at radius 2 is 2.00 bits per heavy atom. The summed E-state index contributed by atoms with van der Waals surface area (Å²) in [5.74, 6) is 1.35.